The van der Waals surface area contributed by atoms with Gasteiger partial charge in [-0.1, -0.05) is 0 Å². The molecule has 100 valence electrons. The second-order valence-corrected chi connectivity index (χ2v) is 5.74. The average molecular weight is 288 g/mol. The Kier molecular flexibility index (Phi) is 4.59. The van der Waals surface area contributed by atoms with Crippen LogP contribution in [0.15, 0.2) is 23.3 Å². The number of nitrogens with one attached hydrogen (secondary N) is 2. The van der Waals surface area contributed by atoms with Gasteiger partial charge in [0, 0.05) is 36.2 Å². The number of hydrogen-bond acceptors (Lipinski definition) is 4. The van der Waals surface area contributed by atoms with Crippen LogP contribution < -0.4 is 10.0 Å². The van der Waals surface area contributed by atoms with Crippen molar-refractivity contribution in [1.29, 1.82) is 0 Å². The lowest BCUT2D eigenvalue weighted by atomic mass is 9.82. The molecule has 0 aromatic rings. The van der Waals surface area contributed by atoms with E-state index in [1.165, 1.54) is 11.3 Å². The van der Waals surface area contributed by atoms with Gasteiger partial charge in [0.2, 0.25) is 6.41 Å². The molecular formula is C12H18ClN3OS. The average Bonchev–Trinajstić information content (AvgIpc) is 2.86. The van der Waals surface area contributed by atoms with E-state index in [1.807, 2.05) is 17.2 Å². The van der Waals surface area contributed by atoms with Crippen LogP contribution in [0.1, 0.15) is 6.42 Å². The van der Waals surface area contributed by atoms with Crippen LogP contribution in [-0.4, -0.2) is 37.0 Å². The standard InChI is InChI=1S/C12H17N3OS.ClH/c16-8-15-6-10(12-2-1-4-14-17-12)9-3-5-13-11(9)7-15;/h1-2,4,8-11,13-14H,3,5-7H2;1H/t9-,10?,11+;/m1./s1. The van der Waals surface area contributed by atoms with E-state index in [1.54, 1.807) is 11.9 Å². The normalized spacial score (nSPS) is 34.1. The first kappa shape index (κ1) is 13.8. The Labute approximate surface area is 118 Å². The first-order chi connectivity index (χ1) is 8.38. The predicted octanol–water partition coefficient (Wildman–Crippen LogP) is 1.12. The highest BCUT2D eigenvalue weighted by atomic mass is 35.5. The zero-order valence-electron chi connectivity index (χ0n) is 10.0. The van der Waals surface area contributed by atoms with E-state index in [0.29, 0.717) is 17.9 Å². The molecule has 0 saturated carbocycles. The Morgan fingerprint density at radius 1 is 1.44 bits per heavy atom. The number of carbonyl (C=O) groups is 1. The third-order valence-corrected chi connectivity index (χ3v) is 4.82. The van der Waals surface area contributed by atoms with Gasteiger partial charge in [0.05, 0.1) is 0 Å². The number of fused-ring (bicyclic) bond motifs is 1. The summed E-state index contributed by atoms with van der Waals surface area (Å²) in [4.78, 5) is 14.3. The molecule has 0 aromatic heterocycles. The quantitative estimate of drug-likeness (QED) is 0.590. The van der Waals surface area contributed by atoms with Crippen molar-refractivity contribution in [1.82, 2.24) is 14.9 Å². The molecule has 18 heavy (non-hydrogen) atoms. The molecule has 1 unspecified atom stereocenters. The Balaban J connectivity index is 0.00000120. The number of nitrogens with zero attached hydrogens (tertiary/aromatic N) is 1. The van der Waals surface area contributed by atoms with Crippen LogP contribution in [0.3, 0.4) is 0 Å². The van der Waals surface area contributed by atoms with Gasteiger partial charge in [-0.25, -0.2) is 0 Å². The summed E-state index contributed by atoms with van der Waals surface area (Å²) >= 11 is 1.69. The summed E-state index contributed by atoms with van der Waals surface area (Å²) in [5.74, 6) is 1.16. The molecule has 2 saturated heterocycles. The fourth-order valence-electron chi connectivity index (χ4n) is 3.09. The number of likely N-dealkylation sites (tertiary alicyclic amines) is 1. The minimum Gasteiger partial charge on any atom is -0.343 e. The van der Waals surface area contributed by atoms with Gasteiger partial charge in [-0.05, 0) is 43.0 Å². The Hall–Kier alpha value is -0.650. The van der Waals surface area contributed by atoms with E-state index in [-0.39, 0.29) is 12.4 Å². The fourth-order valence-corrected chi connectivity index (χ4v) is 3.92. The fraction of sp³-hybridized carbons (Fsp3) is 0.583. The molecule has 3 atom stereocenters. The monoisotopic (exact) mass is 287 g/mol. The summed E-state index contributed by atoms with van der Waals surface area (Å²) in [6.45, 7) is 2.81. The van der Waals surface area contributed by atoms with Crippen LogP contribution in [0.5, 0.6) is 0 Å². The van der Waals surface area contributed by atoms with Gasteiger partial charge in [-0.15, -0.1) is 12.4 Å². The SMILES string of the molecule is Cl.O=CN1CC(C2=CC=CNS2)[C@H]2CCN[C@H]2C1. The Morgan fingerprint density at radius 2 is 2.33 bits per heavy atom. The zero-order valence-corrected chi connectivity index (χ0v) is 11.7. The van der Waals surface area contributed by atoms with Gasteiger partial charge in [-0.2, -0.15) is 0 Å². The number of piperidine rings is 1. The number of carbonyl (C=O) groups excluding carboxylic acids is 1. The Bertz CT molecular complexity index is 374. The summed E-state index contributed by atoms with van der Waals surface area (Å²) in [6, 6.07) is 0.478. The maximum absolute atomic E-state index is 11.0. The van der Waals surface area contributed by atoms with Crippen LogP contribution in [0.25, 0.3) is 0 Å². The topological polar surface area (TPSA) is 44.4 Å². The van der Waals surface area contributed by atoms with E-state index in [4.69, 9.17) is 0 Å². The highest BCUT2D eigenvalue weighted by Crippen LogP contribution is 2.38. The molecule has 3 rings (SSSR count). The second kappa shape index (κ2) is 5.99. The van der Waals surface area contributed by atoms with Gasteiger partial charge in [-0.3, -0.25) is 4.79 Å². The van der Waals surface area contributed by atoms with Crippen LogP contribution >= 0.6 is 24.4 Å². The summed E-state index contributed by atoms with van der Waals surface area (Å²) in [6.07, 6.45) is 8.38. The zero-order chi connectivity index (χ0) is 11.7. The maximum Gasteiger partial charge on any atom is 0.209 e. The third kappa shape index (κ3) is 2.53. The Morgan fingerprint density at radius 3 is 3.06 bits per heavy atom. The molecule has 0 aromatic carbocycles. The summed E-state index contributed by atoms with van der Waals surface area (Å²) in [5, 5.41) is 3.52. The van der Waals surface area contributed by atoms with Crippen molar-refractivity contribution in [2.75, 3.05) is 19.6 Å². The third-order valence-electron chi connectivity index (χ3n) is 3.90. The molecule has 0 spiro atoms. The molecule has 0 radical (unpaired) electrons. The lowest BCUT2D eigenvalue weighted by molar-refractivity contribution is -0.120. The van der Waals surface area contributed by atoms with Crippen LogP contribution in [-0.2, 0) is 4.79 Å². The number of halogens is 1. The molecular weight excluding hydrogens is 270 g/mol. The van der Waals surface area contributed by atoms with Crippen LogP contribution in [0, 0.1) is 11.8 Å². The van der Waals surface area contributed by atoms with Crippen molar-refractivity contribution in [2.24, 2.45) is 11.8 Å². The molecule has 3 aliphatic heterocycles. The van der Waals surface area contributed by atoms with Gasteiger partial charge in [0.25, 0.3) is 0 Å². The smallest absolute Gasteiger partial charge is 0.209 e. The van der Waals surface area contributed by atoms with Gasteiger partial charge in [0.15, 0.2) is 0 Å². The van der Waals surface area contributed by atoms with Crippen molar-refractivity contribution in [3.05, 3.63) is 23.3 Å². The minimum atomic E-state index is 0. The van der Waals surface area contributed by atoms with E-state index >= 15 is 0 Å². The van der Waals surface area contributed by atoms with E-state index in [9.17, 15) is 4.79 Å². The van der Waals surface area contributed by atoms with E-state index in [2.05, 4.69) is 16.1 Å². The van der Waals surface area contributed by atoms with Crippen molar-refractivity contribution in [3.63, 3.8) is 0 Å². The van der Waals surface area contributed by atoms with Crippen molar-refractivity contribution in [2.45, 2.75) is 12.5 Å². The highest BCUT2D eigenvalue weighted by Gasteiger charge is 2.41. The molecule has 0 bridgehead atoms. The van der Waals surface area contributed by atoms with Crippen molar-refractivity contribution >= 4 is 30.8 Å². The van der Waals surface area contributed by atoms with Gasteiger partial charge >= 0.3 is 0 Å². The lowest BCUT2D eigenvalue weighted by Crippen LogP contribution is -2.50. The number of amides is 1. The summed E-state index contributed by atoms with van der Waals surface area (Å²) < 4.78 is 3.19. The largest absolute Gasteiger partial charge is 0.343 e. The van der Waals surface area contributed by atoms with E-state index in [0.717, 1.165) is 26.0 Å². The molecule has 6 heteroatoms. The van der Waals surface area contributed by atoms with Crippen molar-refractivity contribution < 1.29 is 4.79 Å². The molecule has 2 N–H and O–H groups in total. The lowest BCUT2D eigenvalue weighted by Gasteiger charge is -2.40. The van der Waals surface area contributed by atoms with Crippen LogP contribution in [0.4, 0.5) is 0 Å². The predicted molar refractivity (Wildman–Crippen MR) is 76.2 cm³/mol. The number of allylic oxidation sites excluding steroid dienone is 2. The molecule has 4 nitrogen and oxygen atoms in total. The number of rotatable bonds is 2. The van der Waals surface area contributed by atoms with Crippen molar-refractivity contribution in [3.8, 4) is 0 Å². The summed E-state index contributed by atoms with van der Waals surface area (Å²) in [7, 11) is 0. The first-order valence-electron chi connectivity index (χ1n) is 6.10. The van der Waals surface area contributed by atoms with Crippen LogP contribution in [0.2, 0.25) is 0 Å². The molecule has 2 fully saturated rings. The molecule has 3 heterocycles. The second-order valence-electron chi connectivity index (χ2n) is 4.83. The molecule has 1 amide bonds. The number of hydrogen-bond donors (Lipinski definition) is 2. The van der Waals surface area contributed by atoms with Gasteiger partial charge in [0.1, 0.15) is 0 Å². The maximum atomic E-state index is 11.0. The van der Waals surface area contributed by atoms with Gasteiger partial charge < -0.3 is 14.9 Å². The van der Waals surface area contributed by atoms with E-state index < -0.39 is 0 Å². The molecule has 0 aliphatic carbocycles. The minimum absolute atomic E-state index is 0. The summed E-state index contributed by atoms with van der Waals surface area (Å²) in [5.41, 5.74) is 0. The first-order valence-corrected chi connectivity index (χ1v) is 6.92. The molecule has 3 aliphatic rings. The highest BCUT2D eigenvalue weighted by molar-refractivity contribution is 8.01.